The highest BCUT2D eigenvalue weighted by Gasteiger charge is 2.56. The number of fused-ring (bicyclic) bond motifs is 1. The van der Waals surface area contributed by atoms with Crippen LogP contribution in [0, 0.1) is 17.7 Å². The highest BCUT2D eigenvalue weighted by Crippen LogP contribution is 2.46. The summed E-state index contributed by atoms with van der Waals surface area (Å²) in [6, 6.07) is 4.92. The fourth-order valence-electron chi connectivity index (χ4n) is 3.21. The van der Waals surface area contributed by atoms with E-state index in [4.69, 9.17) is 16.3 Å². The Morgan fingerprint density at radius 1 is 1.39 bits per heavy atom. The van der Waals surface area contributed by atoms with E-state index in [2.05, 4.69) is 5.32 Å². The van der Waals surface area contributed by atoms with E-state index in [1.807, 2.05) is 20.8 Å². The third-order valence-electron chi connectivity index (χ3n) is 4.38. The van der Waals surface area contributed by atoms with Gasteiger partial charge in [-0.1, -0.05) is 11.6 Å². The number of carbonyl (C=O) groups is 1. The second-order valence-corrected chi connectivity index (χ2v) is 7.79. The first kappa shape index (κ1) is 16.5. The maximum Gasteiger partial charge on any atom is 0.410 e. The van der Waals surface area contributed by atoms with Gasteiger partial charge in [0.1, 0.15) is 11.4 Å². The zero-order valence-electron chi connectivity index (χ0n) is 13.6. The van der Waals surface area contributed by atoms with E-state index in [0.717, 1.165) is 0 Å². The fourth-order valence-corrected chi connectivity index (χ4v) is 3.41. The van der Waals surface area contributed by atoms with E-state index >= 15 is 0 Å². The Labute approximate surface area is 140 Å². The monoisotopic (exact) mass is 340 g/mol. The Morgan fingerprint density at radius 3 is 2.65 bits per heavy atom. The van der Waals surface area contributed by atoms with E-state index in [0.29, 0.717) is 48.1 Å². The van der Waals surface area contributed by atoms with E-state index in [1.165, 1.54) is 6.07 Å². The van der Waals surface area contributed by atoms with Crippen LogP contribution in [0.3, 0.4) is 0 Å². The number of carbonyl (C=O) groups excluding carboxylic acids is 1. The summed E-state index contributed by atoms with van der Waals surface area (Å²) >= 11 is 5.90. The topological polar surface area (TPSA) is 41.6 Å². The summed E-state index contributed by atoms with van der Waals surface area (Å²) in [6.07, 6.45) is -0.246. The number of halogens is 2. The van der Waals surface area contributed by atoms with Crippen LogP contribution in [0.1, 0.15) is 26.3 Å². The molecule has 1 saturated heterocycles. The number of hydrogen-bond acceptors (Lipinski definition) is 3. The van der Waals surface area contributed by atoms with Gasteiger partial charge in [-0.3, -0.25) is 0 Å². The van der Waals surface area contributed by atoms with Crippen LogP contribution < -0.4 is 5.32 Å². The molecule has 2 unspecified atom stereocenters. The number of benzene rings is 1. The summed E-state index contributed by atoms with van der Waals surface area (Å²) in [4.78, 5) is 13.8. The van der Waals surface area contributed by atoms with Crippen molar-refractivity contribution in [3.63, 3.8) is 0 Å². The van der Waals surface area contributed by atoms with Gasteiger partial charge in [0.2, 0.25) is 0 Å². The van der Waals surface area contributed by atoms with E-state index in [1.54, 1.807) is 17.0 Å². The molecule has 4 nitrogen and oxygen atoms in total. The van der Waals surface area contributed by atoms with Crippen molar-refractivity contribution in [2.75, 3.05) is 13.1 Å². The fraction of sp³-hybridized carbons (Fsp3) is 0.588. The number of hydrogen-bond donors (Lipinski definition) is 1. The molecule has 1 aliphatic carbocycles. The third-order valence-corrected chi connectivity index (χ3v) is 4.62. The molecule has 2 atom stereocenters. The van der Waals surface area contributed by atoms with Crippen molar-refractivity contribution < 1.29 is 13.9 Å². The Kier molecular flexibility index (Phi) is 4.27. The minimum absolute atomic E-state index is 0.246. The summed E-state index contributed by atoms with van der Waals surface area (Å²) in [5.74, 6) is 0.623. The molecule has 0 aromatic heterocycles. The highest BCUT2D eigenvalue weighted by molar-refractivity contribution is 6.30. The SMILES string of the molecule is CC(C)(C)OC(=O)N1CC2C(C1)C2NCc1cc(Cl)ccc1F. The van der Waals surface area contributed by atoms with Gasteiger partial charge < -0.3 is 15.0 Å². The number of amides is 1. The minimum atomic E-state index is -0.467. The number of rotatable bonds is 3. The molecule has 0 radical (unpaired) electrons. The van der Waals surface area contributed by atoms with Gasteiger partial charge in [0.15, 0.2) is 0 Å². The molecule has 0 spiro atoms. The van der Waals surface area contributed by atoms with Crippen molar-refractivity contribution >= 4 is 17.7 Å². The van der Waals surface area contributed by atoms with Crippen LogP contribution in [-0.4, -0.2) is 35.7 Å². The zero-order valence-corrected chi connectivity index (χ0v) is 14.4. The summed E-state index contributed by atoms with van der Waals surface area (Å²) in [6.45, 7) is 7.46. The lowest BCUT2D eigenvalue weighted by molar-refractivity contribution is 0.0269. The Balaban J connectivity index is 1.47. The molecule has 1 N–H and O–H groups in total. The minimum Gasteiger partial charge on any atom is -0.444 e. The number of nitrogens with one attached hydrogen (secondary N) is 1. The molecular weight excluding hydrogens is 319 g/mol. The molecule has 0 bridgehead atoms. The average Bonchev–Trinajstić information content (AvgIpc) is 2.89. The van der Waals surface area contributed by atoms with Gasteiger partial charge in [0.25, 0.3) is 0 Å². The van der Waals surface area contributed by atoms with Crippen LogP contribution in [0.5, 0.6) is 0 Å². The van der Waals surface area contributed by atoms with Crippen LogP contribution in [0.2, 0.25) is 5.02 Å². The molecule has 6 heteroatoms. The maximum absolute atomic E-state index is 13.7. The van der Waals surface area contributed by atoms with Crippen molar-refractivity contribution in [1.82, 2.24) is 10.2 Å². The smallest absolute Gasteiger partial charge is 0.410 e. The molecular formula is C17H22ClFN2O2. The molecule has 3 rings (SSSR count). The molecule has 1 aliphatic heterocycles. The lowest BCUT2D eigenvalue weighted by atomic mass is 10.2. The van der Waals surface area contributed by atoms with Crippen LogP contribution in [0.15, 0.2) is 18.2 Å². The summed E-state index contributed by atoms with van der Waals surface area (Å²) < 4.78 is 19.1. The van der Waals surface area contributed by atoms with Gasteiger partial charge in [-0.2, -0.15) is 0 Å². The van der Waals surface area contributed by atoms with Gasteiger partial charge in [0.05, 0.1) is 0 Å². The standard InChI is InChI=1S/C17H22ClFN2O2/c1-17(2,3)23-16(22)21-8-12-13(9-21)15(12)20-7-10-6-11(18)4-5-14(10)19/h4-6,12-13,15,20H,7-9H2,1-3H3. The Bertz CT molecular complexity index is 605. The first-order valence-electron chi connectivity index (χ1n) is 7.90. The van der Waals surface area contributed by atoms with Gasteiger partial charge in [-0.15, -0.1) is 0 Å². The molecule has 2 aliphatic rings. The number of ether oxygens (including phenoxy) is 1. The molecule has 126 valence electrons. The largest absolute Gasteiger partial charge is 0.444 e. The lowest BCUT2D eigenvalue weighted by Crippen LogP contribution is -2.39. The number of nitrogens with zero attached hydrogens (tertiary/aromatic N) is 1. The van der Waals surface area contributed by atoms with Crippen molar-refractivity contribution in [3.8, 4) is 0 Å². The van der Waals surface area contributed by atoms with Crippen molar-refractivity contribution in [2.45, 2.75) is 39.0 Å². The first-order chi connectivity index (χ1) is 10.7. The molecule has 1 amide bonds. The maximum atomic E-state index is 13.7. The normalized spacial score (nSPS) is 26.1. The van der Waals surface area contributed by atoms with E-state index in [9.17, 15) is 9.18 Å². The quantitative estimate of drug-likeness (QED) is 0.916. The summed E-state index contributed by atoms with van der Waals surface area (Å²) in [5, 5.41) is 3.91. The number of likely N-dealkylation sites (tertiary alicyclic amines) is 1. The van der Waals surface area contributed by atoms with Crippen molar-refractivity contribution in [2.24, 2.45) is 11.8 Å². The third kappa shape index (κ3) is 3.78. The molecule has 23 heavy (non-hydrogen) atoms. The summed E-state index contributed by atoms with van der Waals surface area (Å²) in [5.41, 5.74) is 0.109. The molecule has 1 aromatic carbocycles. The Morgan fingerprint density at radius 2 is 2.04 bits per heavy atom. The molecule has 1 saturated carbocycles. The van der Waals surface area contributed by atoms with Crippen LogP contribution in [-0.2, 0) is 11.3 Å². The summed E-state index contributed by atoms with van der Waals surface area (Å²) in [7, 11) is 0. The lowest BCUT2D eigenvalue weighted by Gasteiger charge is -2.26. The van der Waals surface area contributed by atoms with Gasteiger partial charge in [-0.05, 0) is 50.8 Å². The highest BCUT2D eigenvalue weighted by atomic mass is 35.5. The van der Waals surface area contributed by atoms with Crippen LogP contribution >= 0.6 is 11.6 Å². The van der Waals surface area contributed by atoms with Crippen LogP contribution in [0.25, 0.3) is 0 Å². The van der Waals surface area contributed by atoms with E-state index < -0.39 is 5.60 Å². The zero-order chi connectivity index (χ0) is 16.8. The number of piperidine rings is 1. The second kappa shape index (κ2) is 5.95. The van der Waals surface area contributed by atoms with Crippen molar-refractivity contribution in [3.05, 3.63) is 34.6 Å². The average molecular weight is 341 g/mol. The predicted molar refractivity (Wildman–Crippen MR) is 86.8 cm³/mol. The van der Waals surface area contributed by atoms with Crippen molar-refractivity contribution in [1.29, 1.82) is 0 Å². The molecule has 1 aromatic rings. The second-order valence-electron chi connectivity index (χ2n) is 7.36. The first-order valence-corrected chi connectivity index (χ1v) is 8.27. The van der Waals surface area contributed by atoms with E-state index in [-0.39, 0.29) is 11.9 Å². The van der Waals surface area contributed by atoms with Crippen LogP contribution in [0.4, 0.5) is 9.18 Å². The van der Waals surface area contributed by atoms with Gasteiger partial charge in [0, 0.05) is 36.3 Å². The predicted octanol–water partition coefficient (Wildman–Crippen LogP) is 3.43. The molecule has 2 fully saturated rings. The van der Waals surface area contributed by atoms with Gasteiger partial charge >= 0.3 is 6.09 Å². The van der Waals surface area contributed by atoms with Gasteiger partial charge in [-0.25, -0.2) is 9.18 Å². The Hall–Kier alpha value is -1.33. The molecule has 1 heterocycles.